The van der Waals surface area contributed by atoms with Crippen molar-refractivity contribution < 1.29 is 13.2 Å². The minimum atomic E-state index is -3.52. The number of nitrogens with zero attached hydrogens (tertiary/aromatic N) is 2. The van der Waals surface area contributed by atoms with Gasteiger partial charge in [0, 0.05) is 31.7 Å². The van der Waals surface area contributed by atoms with E-state index in [2.05, 4.69) is 24.1 Å². The quantitative estimate of drug-likeness (QED) is 0.733. The molecule has 0 unspecified atom stereocenters. The molecule has 0 aliphatic rings. The molecule has 1 aromatic carbocycles. The molecule has 0 saturated heterocycles. The zero-order chi connectivity index (χ0) is 18.3. The van der Waals surface area contributed by atoms with Gasteiger partial charge in [-0.15, -0.1) is 0 Å². The van der Waals surface area contributed by atoms with Crippen LogP contribution in [0.5, 0.6) is 0 Å². The average molecular weight is 356 g/mol. The molecule has 0 aromatic heterocycles. The standard InChI is InChI=1S/C17H29N3O3S/c1-6-20(7-2)13-12-18-17(21)15-8-10-16(11-9-15)24(22,23)19(5)14(3)4/h8-11,14H,6-7,12-13H2,1-5H3,(H,18,21). The second-order valence-corrected chi connectivity index (χ2v) is 7.92. The van der Waals surface area contributed by atoms with Gasteiger partial charge in [-0.05, 0) is 51.2 Å². The van der Waals surface area contributed by atoms with Crippen LogP contribution >= 0.6 is 0 Å². The first-order chi connectivity index (χ1) is 11.2. The Kier molecular flexibility index (Phi) is 7.86. The summed E-state index contributed by atoms with van der Waals surface area (Å²) < 4.78 is 26.1. The number of likely N-dealkylation sites (N-methyl/N-ethyl adjacent to an activating group) is 1. The van der Waals surface area contributed by atoms with Gasteiger partial charge in [0.15, 0.2) is 0 Å². The van der Waals surface area contributed by atoms with E-state index in [1.807, 2.05) is 13.8 Å². The normalized spacial score (nSPS) is 12.2. The lowest BCUT2D eigenvalue weighted by atomic mass is 10.2. The molecule has 7 heteroatoms. The third-order valence-corrected chi connectivity index (χ3v) is 6.18. The summed E-state index contributed by atoms with van der Waals surface area (Å²) in [7, 11) is -1.97. The van der Waals surface area contributed by atoms with Gasteiger partial charge >= 0.3 is 0 Å². The summed E-state index contributed by atoms with van der Waals surface area (Å²) in [6.45, 7) is 11.0. The van der Waals surface area contributed by atoms with Crippen molar-refractivity contribution in [3.05, 3.63) is 29.8 Å². The first-order valence-corrected chi connectivity index (χ1v) is 9.76. The molecule has 0 aliphatic carbocycles. The van der Waals surface area contributed by atoms with Gasteiger partial charge in [-0.25, -0.2) is 8.42 Å². The first-order valence-electron chi connectivity index (χ1n) is 8.32. The summed E-state index contributed by atoms with van der Waals surface area (Å²) in [5.74, 6) is -0.191. The molecule has 0 aliphatic heterocycles. The van der Waals surface area contributed by atoms with E-state index in [9.17, 15) is 13.2 Å². The third-order valence-electron chi connectivity index (χ3n) is 4.13. The first kappa shape index (κ1) is 20.6. The lowest BCUT2D eigenvalue weighted by Gasteiger charge is -2.21. The zero-order valence-corrected chi connectivity index (χ0v) is 16.1. The van der Waals surface area contributed by atoms with Crippen molar-refractivity contribution in [3.63, 3.8) is 0 Å². The monoisotopic (exact) mass is 355 g/mol. The number of benzene rings is 1. The predicted octanol–water partition coefficient (Wildman–Crippen LogP) is 1.79. The summed E-state index contributed by atoms with van der Waals surface area (Å²) in [6.07, 6.45) is 0. The van der Waals surface area contributed by atoms with E-state index in [4.69, 9.17) is 0 Å². The molecule has 0 bridgehead atoms. The average Bonchev–Trinajstić information content (AvgIpc) is 2.57. The second kappa shape index (κ2) is 9.15. The molecule has 1 amide bonds. The molecule has 24 heavy (non-hydrogen) atoms. The van der Waals surface area contributed by atoms with E-state index in [1.165, 1.54) is 16.4 Å². The van der Waals surface area contributed by atoms with E-state index in [0.29, 0.717) is 12.1 Å². The lowest BCUT2D eigenvalue weighted by Crippen LogP contribution is -2.35. The number of hydrogen-bond acceptors (Lipinski definition) is 4. The van der Waals surface area contributed by atoms with Gasteiger partial charge in [0.05, 0.1) is 4.90 Å². The largest absolute Gasteiger partial charge is 0.351 e. The topological polar surface area (TPSA) is 69.7 Å². The van der Waals surface area contributed by atoms with Gasteiger partial charge < -0.3 is 10.2 Å². The highest BCUT2D eigenvalue weighted by Crippen LogP contribution is 2.17. The van der Waals surface area contributed by atoms with Crippen LogP contribution in [0.2, 0.25) is 0 Å². The number of sulfonamides is 1. The van der Waals surface area contributed by atoms with Crippen molar-refractivity contribution in [2.75, 3.05) is 33.2 Å². The van der Waals surface area contributed by atoms with Crippen LogP contribution < -0.4 is 5.32 Å². The van der Waals surface area contributed by atoms with E-state index in [0.717, 1.165) is 19.6 Å². The maximum absolute atomic E-state index is 12.4. The number of rotatable bonds is 9. The van der Waals surface area contributed by atoms with Crippen molar-refractivity contribution in [1.82, 2.24) is 14.5 Å². The van der Waals surface area contributed by atoms with Crippen molar-refractivity contribution in [2.24, 2.45) is 0 Å². The lowest BCUT2D eigenvalue weighted by molar-refractivity contribution is 0.0949. The SMILES string of the molecule is CCN(CC)CCNC(=O)c1ccc(S(=O)(=O)N(C)C(C)C)cc1. The summed E-state index contributed by atoms with van der Waals surface area (Å²) in [5, 5.41) is 2.86. The fourth-order valence-electron chi connectivity index (χ4n) is 2.19. The van der Waals surface area contributed by atoms with Crippen molar-refractivity contribution in [3.8, 4) is 0 Å². The molecule has 1 rings (SSSR count). The van der Waals surface area contributed by atoms with Crippen LogP contribution in [0.1, 0.15) is 38.1 Å². The Bertz CT molecular complexity index is 623. The molecule has 0 heterocycles. The Hall–Kier alpha value is -1.44. The molecule has 1 N–H and O–H groups in total. The molecule has 0 fully saturated rings. The van der Waals surface area contributed by atoms with Gasteiger partial charge in [0.1, 0.15) is 0 Å². The van der Waals surface area contributed by atoms with Crippen LogP contribution in [0.15, 0.2) is 29.2 Å². The molecule has 1 aromatic rings. The number of nitrogens with one attached hydrogen (secondary N) is 1. The number of amides is 1. The van der Waals surface area contributed by atoms with E-state index in [1.54, 1.807) is 19.2 Å². The molecular weight excluding hydrogens is 326 g/mol. The zero-order valence-electron chi connectivity index (χ0n) is 15.2. The molecular formula is C17H29N3O3S. The van der Waals surface area contributed by atoms with Gasteiger partial charge in [-0.3, -0.25) is 4.79 Å². The molecule has 0 radical (unpaired) electrons. The second-order valence-electron chi connectivity index (χ2n) is 5.92. The van der Waals surface area contributed by atoms with E-state index < -0.39 is 10.0 Å². The van der Waals surface area contributed by atoms with Gasteiger partial charge in [-0.1, -0.05) is 13.8 Å². The summed E-state index contributed by atoms with van der Waals surface area (Å²) >= 11 is 0. The molecule has 0 saturated carbocycles. The van der Waals surface area contributed by atoms with Crippen molar-refractivity contribution in [1.29, 1.82) is 0 Å². The Labute approximate surface area is 145 Å². The molecule has 136 valence electrons. The fraction of sp³-hybridized carbons (Fsp3) is 0.588. The van der Waals surface area contributed by atoms with Crippen molar-refractivity contribution >= 4 is 15.9 Å². The van der Waals surface area contributed by atoms with Crippen LogP contribution in [0.3, 0.4) is 0 Å². The van der Waals surface area contributed by atoms with Gasteiger partial charge in [0.2, 0.25) is 10.0 Å². The Morgan fingerprint density at radius 3 is 2.12 bits per heavy atom. The molecule has 0 spiro atoms. The maximum Gasteiger partial charge on any atom is 0.251 e. The summed E-state index contributed by atoms with van der Waals surface area (Å²) in [6, 6.07) is 5.93. The van der Waals surface area contributed by atoms with E-state index >= 15 is 0 Å². The molecule has 6 nitrogen and oxygen atoms in total. The Balaban J connectivity index is 2.72. The minimum absolute atomic E-state index is 0.127. The Morgan fingerprint density at radius 2 is 1.67 bits per heavy atom. The highest BCUT2D eigenvalue weighted by Gasteiger charge is 2.23. The van der Waals surface area contributed by atoms with Crippen LogP contribution in [0.25, 0.3) is 0 Å². The van der Waals surface area contributed by atoms with Crippen LogP contribution in [-0.2, 0) is 10.0 Å². The number of carbonyl (C=O) groups excluding carboxylic acids is 1. The molecule has 0 atom stereocenters. The van der Waals surface area contributed by atoms with Crippen LogP contribution in [0.4, 0.5) is 0 Å². The van der Waals surface area contributed by atoms with Crippen molar-refractivity contribution in [2.45, 2.75) is 38.6 Å². The number of carbonyl (C=O) groups is 1. The highest BCUT2D eigenvalue weighted by molar-refractivity contribution is 7.89. The van der Waals surface area contributed by atoms with Gasteiger partial charge in [0.25, 0.3) is 5.91 Å². The predicted molar refractivity (Wildman–Crippen MR) is 96.6 cm³/mol. The number of hydrogen-bond donors (Lipinski definition) is 1. The highest BCUT2D eigenvalue weighted by atomic mass is 32.2. The summed E-state index contributed by atoms with van der Waals surface area (Å²) in [4.78, 5) is 14.5. The van der Waals surface area contributed by atoms with Gasteiger partial charge in [-0.2, -0.15) is 4.31 Å². The van der Waals surface area contributed by atoms with Crippen LogP contribution in [0, 0.1) is 0 Å². The fourth-order valence-corrected chi connectivity index (χ4v) is 3.56. The Morgan fingerprint density at radius 1 is 1.12 bits per heavy atom. The smallest absolute Gasteiger partial charge is 0.251 e. The van der Waals surface area contributed by atoms with E-state index in [-0.39, 0.29) is 16.8 Å². The third kappa shape index (κ3) is 5.29. The minimum Gasteiger partial charge on any atom is -0.351 e. The summed E-state index contributed by atoms with van der Waals surface area (Å²) in [5.41, 5.74) is 0.459. The van der Waals surface area contributed by atoms with Crippen LogP contribution in [-0.4, -0.2) is 62.8 Å². The maximum atomic E-state index is 12.4.